The number of amides is 4. The smallest absolute Gasteiger partial charge is 0.305 e. The number of rotatable bonds is 13. The van der Waals surface area contributed by atoms with Crippen molar-refractivity contribution >= 4 is 133 Å². The highest BCUT2D eigenvalue weighted by molar-refractivity contribution is 8.13. The van der Waals surface area contributed by atoms with E-state index < -0.39 is 32.6 Å². The first-order valence-corrected chi connectivity index (χ1v) is 48.9. The van der Waals surface area contributed by atoms with Crippen LogP contribution in [0.15, 0.2) is 243 Å². The summed E-state index contributed by atoms with van der Waals surface area (Å²) in [5.41, 5.74) is 19.6. The molecule has 4 aliphatic carbocycles. The number of nitrogens with two attached hydrogens (primary N) is 1. The van der Waals surface area contributed by atoms with Gasteiger partial charge >= 0.3 is 5.97 Å². The van der Waals surface area contributed by atoms with Gasteiger partial charge in [0.25, 0.3) is 29.4 Å². The minimum Gasteiger partial charge on any atom is -0.469 e. The minimum atomic E-state index is -3.52. The lowest BCUT2D eigenvalue weighted by atomic mass is 9.90. The van der Waals surface area contributed by atoms with Gasteiger partial charge in [0.15, 0.2) is 26.6 Å². The van der Waals surface area contributed by atoms with Crippen LogP contribution in [-0.4, -0.2) is 198 Å². The summed E-state index contributed by atoms with van der Waals surface area (Å²) in [7, 11) is -1.20. The zero-order chi connectivity index (χ0) is 92.6. The van der Waals surface area contributed by atoms with Crippen LogP contribution in [0.25, 0.3) is 43.1 Å². The van der Waals surface area contributed by atoms with Gasteiger partial charge in [0.1, 0.15) is 0 Å². The number of thiocarbonyl (C=S) groups is 1. The van der Waals surface area contributed by atoms with Crippen LogP contribution < -0.4 is 31.5 Å². The molecule has 9 aliphatic heterocycles. The molecule has 25 rings (SSSR count). The number of methoxy groups -OCH3 is 1. The Morgan fingerprint density at radius 1 is 0.449 bits per heavy atom. The van der Waals surface area contributed by atoms with Gasteiger partial charge in [0.05, 0.1) is 42.0 Å². The van der Waals surface area contributed by atoms with E-state index in [1.807, 2.05) is 77.7 Å². The average Bonchev–Trinajstić information content (AvgIpc) is 1.53. The van der Waals surface area contributed by atoms with E-state index >= 15 is 0 Å². The molecule has 0 saturated carbocycles. The summed E-state index contributed by atoms with van der Waals surface area (Å²) in [6, 6.07) is 85.8. The Morgan fingerprint density at radius 2 is 0.746 bits per heavy atom. The number of hydrogen-bond donors (Lipinski definition) is 6. The van der Waals surface area contributed by atoms with Gasteiger partial charge in [0, 0.05) is 142 Å². The topological polar surface area (TPSA) is 358 Å². The van der Waals surface area contributed by atoms with Crippen LogP contribution in [-0.2, 0) is 90.5 Å². The van der Waals surface area contributed by atoms with E-state index in [2.05, 4.69) is 194 Å². The van der Waals surface area contributed by atoms with Gasteiger partial charge in [-0.1, -0.05) is 227 Å². The zero-order valence-corrected chi connectivity index (χ0v) is 77.9. The summed E-state index contributed by atoms with van der Waals surface area (Å²) >= 11 is 3.88. The monoisotopic (exact) mass is 1900 g/mol. The van der Waals surface area contributed by atoms with Crippen molar-refractivity contribution in [2.45, 2.75) is 170 Å². The molecule has 8 unspecified atom stereocenters. The van der Waals surface area contributed by atoms with E-state index in [9.17, 15) is 48.0 Å². The fourth-order valence-corrected chi connectivity index (χ4v) is 24.4. The molecule has 9 heterocycles. The van der Waals surface area contributed by atoms with E-state index in [4.69, 9.17) is 24.9 Å². The van der Waals surface area contributed by atoms with Crippen molar-refractivity contribution < 1.29 is 72.6 Å². The summed E-state index contributed by atoms with van der Waals surface area (Å²) in [6.07, 6.45) is 11.6. The van der Waals surface area contributed by atoms with E-state index in [1.165, 1.54) is 99.0 Å². The fourth-order valence-electron chi connectivity index (χ4n) is 24.2. The lowest BCUT2D eigenvalue weighted by Crippen LogP contribution is -2.52. The molecule has 0 aromatic heterocycles. The number of nitrogens with zero attached hydrogens (tertiary/aromatic N) is 8. The van der Waals surface area contributed by atoms with Crippen LogP contribution in [0, 0.1) is 0 Å². The first-order chi connectivity index (χ1) is 65.2. The van der Waals surface area contributed by atoms with Crippen LogP contribution in [0.2, 0.25) is 0 Å². The number of Topliss-reactive ketones (excluding diaryl/α,β-unsaturated/α-hetero) is 1. The molecule has 13 aliphatic rings. The first-order valence-electron chi connectivity index (χ1n) is 46.9. The lowest BCUT2D eigenvalue weighted by molar-refractivity contribution is -0.145. The molecule has 25 nitrogen and oxygen atoms in total. The molecule has 27 heteroatoms. The molecule has 11 N–H and O–H groups in total. The normalized spacial score (nSPS) is 23.6. The highest BCUT2D eigenvalue weighted by atomic mass is 32.2. The highest BCUT2D eigenvalue weighted by Crippen LogP contribution is 2.55. The molecular weight excluding hydrogens is 1780 g/mol. The van der Waals surface area contributed by atoms with Crippen molar-refractivity contribution in [2.75, 3.05) is 99.3 Å². The predicted octanol–water partition coefficient (Wildman–Crippen LogP) is 15.5. The van der Waals surface area contributed by atoms with Crippen molar-refractivity contribution in [2.24, 2.45) is 5.73 Å². The molecule has 8 atom stereocenters. The average molecular weight is 1900 g/mol. The maximum absolute atomic E-state index is 13.6. The third-order valence-corrected chi connectivity index (χ3v) is 31.9. The number of benzene rings is 12. The second kappa shape index (κ2) is 40.5. The maximum atomic E-state index is 13.6. The van der Waals surface area contributed by atoms with Crippen LogP contribution in [0.5, 0.6) is 0 Å². The quantitative estimate of drug-likeness (QED) is 0.0205. The third-order valence-electron chi connectivity index (χ3n) is 30.6. The molecule has 0 radical (unpaired) electrons. The number of piperidine rings is 4. The van der Waals surface area contributed by atoms with Crippen molar-refractivity contribution in [1.82, 2.24) is 25.8 Å². The second-order valence-corrected chi connectivity index (χ2v) is 39.4. The van der Waals surface area contributed by atoms with Crippen molar-refractivity contribution in [3.05, 3.63) is 309 Å². The van der Waals surface area contributed by atoms with Gasteiger partial charge < -0.3 is 66.3 Å². The molecule has 0 bridgehead atoms. The largest absolute Gasteiger partial charge is 0.469 e. The molecule has 12 aromatic rings. The Balaban J connectivity index is 0.000000128. The number of carbonyl (C=O) groups is 7. The number of carbonyl (C=O) groups excluding carboxylic acids is 7. The number of ether oxygens (including phenoxy) is 2. The third kappa shape index (κ3) is 17.2. The summed E-state index contributed by atoms with van der Waals surface area (Å²) in [4.78, 5) is 104. The Labute approximate surface area is 810 Å². The number of aliphatic hydroxyl groups is 3. The van der Waals surface area contributed by atoms with Gasteiger partial charge in [-0.05, 0) is 214 Å². The minimum absolute atomic E-state index is 0. The number of anilines is 4. The van der Waals surface area contributed by atoms with Crippen LogP contribution >= 0.6 is 12.2 Å². The number of aliphatic hydroxyl groups excluding tert-OH is 1. The van der Waals surface area contributed by atoms with E-state index in [0.29, 0.717) is 47.5 Å². The number of likely N-dealkylation sites (tertiary alicyclic amines) is 4. The Bertz CT molecular complexity index is 6830. The molecule has 138 heavy (non-hydrogen) atoms. The fraction of sp³-hybridized carbons (Fsp3) is 0.351. The van der Waals surface area contributed by atoms with Crippen molar-refractivity contribution in [3.8, 4) is 0 Å². The zero-order valence-electron chi connectivity index (χ0n) is 76.3. The standard InChI is InChI=1S/C29H30N2O4.C26H27N3O2.C26H24N2O2.C25H22N2O2.C2H2O3S2.CH4O.2CH4.H3N.H2O/c1-35-26(32)12-15-29(34)23-10-2-3-11-24(23)31(28(29)33)21-13-16-30(17-14-21)25-18-20-8-4-6-19-7-5-9-22(25)27(19)20;27-16-26(31)21-9-1-2-10-22(21)29(25(26)30)19-11-13-28(14-12-19)23-15-18-7-3-5-17-6-4-8-20(23)24(17)18;29-25-26(16-30-26)21-9-1-2-10-22(21)28(25)19-11-13-27(14-12-19)23-15-18-7-3-5-17-6-4-8-20(23)24(17)18;28-24-20-8-1-2-10-21(20)27(25(24)29)18-11-13-26(14-12-18)22-15-17-7-3-5-16-6-4-9-19(22)23(16)17;3-1-7(4,5)2-6;1-2;;;;/h2-11,21,25,34H,12-18H2,1H3;1-10,19,23,31H,11-16,27H2;1-10,19,23H,11-16H2;1-10,18,22H,11-15H2;1H,(H,4,5);2H,1H3;2*1H4;1H3;1H2. The van der Waals surface area contributed by atoms with Gasteiger partial charge in [-0.2, -0.15) is 0 Å². The maximum Gasteiger partial charge on any atom is 0.305 e. The molecule has 5 saturated heterocycles. The van der Waals surface area contributed by atoms with Crippen LogP contribution in [0.4, 0.5) is 22.7 Å². The molecular formula is C111H122N10O15S2. The number of epoxide rings is 1. The van der Waals surface area contributed by atoms with Gasteiger partial charge in [-0.25, -0.2) is 4.21 Å². The van der Waals surface area contributed by atoms with E-state index in [-0.39, 0.29) is 105 Å². The summed E-state index contributed by atoms with van der Waals surface area (Å²) in [5.74, 6) is -1.58. The van der Waals surface area contributed by atoms with Crippen molar-refractivity contribution in [3.63, 3.8) is 0 Å². The Kier molecular flexibility index (Phi) is 29.0. The molecule has 4 amide bonds. The van der Waals surface area contributed by atoms with Crippen molar-refractivity contribution in [1.29, 1.82) is 0 Å². The molecule has 5 fully saturated rings. The van der Waals surface area contributed by atoms with Crippen LogP contribution in [0.3, 0.4) is 0 Å². The number of hydrogen-bond acceptors (Lipinski definition) is 20. The van der Waals surface area contributed by atoms with E-state index in [0.717, 1.165) is 165 Å². The summed E-state index contributed by atoms with van der Waals surface area (Å²) in [5, 5.41) is 40.5. The second-order valence-electron chi connectivity index (χ2n) is 37.4. The molecule has 1 spiro atoms. The number of para-hydroxylation sites is 4. The summed E-state index contributed by atoms with van der Waals surface area (Å²) < 4.78 is 29.9. The van der Waals surface area contributed by atoms with Gasteiger partial charge in [-0.3, -0.25) is 53.2 Å². The van der Waals surface area contributed by atoms with Gasteiger partial charge in [0.2, 0.25) is 5.62 Å². The molecule has 12 aromatic carbocycles. The number of esters is 1. The summed E-state index contributed by atoms with van der Waals surface area (Å²) in [6.45, 7) is 8.04. The SMILES string of the molecule is C.C.CO.COC(=O)CCC1(O)C(=O)N(C2CCN(C3Cc4cccc5cccc3c45)CC2)c2ccccc21.N.NCC1(O)C(=O)N(C2CCN(C3Cc4cccc5cccc3c45)CC2)c2ccccc21.O.O=C1C(=O)N(C2CCN(C3Cc4cccc5cccc3c45)CC2)c2ccccc21.O=C1N(C2CCN(C3Cc4cccc5cccc3c45)CC2)c2ccccc2C12CO2.O=CS(=O)(O)=C=S. The Morgan fingerprint density at radius 3 is 1.07 bits per heavy atom. The number of ketones is 1. The Hall–Kier alpha value is -12.0. The predicted molar refractivity (Wildman–Crippen MR) is 546 cm³/mol. The highest BCUT2D eigenvalue weighted by Gasteiger charge is 2.63. The lowest BCUT2D eigenvalue weighted by Gasteiger charge is -2.40. The first kappa shape index (κ1) is 99.1. The molecule has 718 valence electrons. The number of fused-ring (bicyclic) bond motifs is 5. The van der Waals surface area contributed by atoms with Crippen LogP contribution in [0.1, 0.15) is 175 Å². The van der Waals surface area contributed by atoms with E-state index in [1.54, 1.807) is 21.9 Å². The van der Waals surface area contributed by atoms with Gasteiger partial charge in [-0.15, -0.1) is 0 Å².